The van der Waals surface area contributed by atoms with E-state index in [-0.39, 0.29) is 0 Å². The standard InChI is InChI=1S/C8H8N2S2/c1-12-6-3-2-5(11)7-8(6)10-4-9-7/h2-4,11H,1H3,(H,9,10). The van der Waals surface area contributed by atoms with Crippen LogP contribution in [0.3, 0.4) is 0 Å². The molecule has 4 heteroatoms. The van der Waals surface area contributed by atoms with E-state index in [0.717, 1.165) is 15.9 Å². The summed E-state index contributed by atoms with van der Waals surface area (Å²) in [6.07, 6.45) is 3.75. The number of hydrogen-bond acceptors (Lipinski definition) is 3. The number of nitrogens with one attached hydrogen (secondary N) is 1. The average Bonchev–Trinajstić information content (AvgIpc) is 2.54. The third-order valence-corrected chi connectivity index (χ3v) is 2.88. The number of thioether (sulfide) groups is 1. The van der Waals surface area contributed by atoms with E-state index in [1.807, 2.05) is 18.4 Å². The second kappa shape index (κ2) is 3.03. The number of H-pyrrole nitrogens is 1. The first kappa shape index (κ1) is 8.01. The molecule has 0 bridgehead atoms. The fourth-order valence-corrected chi connectivity index (χ4v) is 1.97. The van der Waals surface area contributed by atoms with Crippen LogP contribution in [0.15, 0.2) is 28.3 Å². The molecule has 2 rings (SSSR count). The Hall–Kier alpha value is -0.610. The molecule has 0 spiro atoms. The van der Waals surface area contributed by atoms with Crippen molar-refractivity contribution in [3.8, 4) is 0 Å². The molecule has 1 aromatic carbocycles. The molecule has 1 aromatic heterocycles. The van der Waals surface area contributed by atoms with Crippen LogP contribution in [-0.2, 0) is 0 Å². The summed E-state index contributed by atoms with van der Waals surface area (Å²) in [5.74, 6) is 0. The third kappa shape index (κ3) is 1.11. The summed E-state index contributed by atoms with van der Waals surface area (Å²) < 4.78 is 0. The SMILES string of the molecule is CSc1ccc(S)c2nc[nH]c12. The predicted molar refractivity (Wildman–Crippen MR) is 55.1 cm³/mol. The van der Waals surface area contributed by atoms with E-state index in [2.05, 4.69) is 22.6 Å². The van der Waals surface area contributed by atoms with E-state index in [1.54, 1.807) is 18.1 Å². The van der Waals surface area contributed by atoms with Gasteiger partial charge in [0.05, 0.1) is 11.8 Å². The summed E-state index contributed by atoms with van der Waals surface area (Å²) in [7, 11) is 0. The van der Waals surface area contributed by atoms with Gasteiger partial charge in [-0.15, -0.1) is 24.4 Å². The number of hydrogen-bond donors (Lipinski definition) is 2. The lowest BCUT2D eigenvalue weighted by atomic mass is 10.3. The van der Waals surface area contributed by atoms with Crippen molar-refractivity contribution >= 4 is 35.4 Å². The second-order valence-electron chi connectivity index (χ2n) is 2.41. The highest BCUT2D eigenvalue weighted by molar-refractivity contribution is 7.98. The second-order valence-corrected chi connectivity index (χ2v) is 3.74. The van der Waals surface area contributed by atoms with E-state index in [4.69, 9.17) is 0 Å². The van der Waals surface area contributed by atoms with Crippen molar-refractivity contribution in [2.24, 2.45) is 0 Å². The van der Waals surface area contributed by atoms with Crippen LogP contribution in [0, 0.1) is 0 Å². The van der Waals surface area contributed by atoms with Crippen molar-refractivity contribution in [3.63, 3.8) is 0 Å². The topological polar surface area (TPSA) is 28.7 Å². The van der Waals surface area contributed by atoms with Crippen LogP contribution in [0.25, 0.3) is 11.0 Å². The van der Waals surface area contributed by atoms with Crippen molar-refractivity contribution in [1.29, 1.82) is 0 Å². The first-order valence-electron chi connectivity index (χ1n) is 3.52. The van der Waals surface area contributed by atoms with Crippen molar-refractivity contribution in [1.82, 2.24) is 9.97 Å². The molecule has 0 unspecified atom stereocenters. The van der Waals surface area contributed by atoms with Gasteiger partial charge in [0.15, 0.2) is 0 Å². The zero-order valence-corrected chi connectivity index (χ0v) is 8.25. The van der Waals surface area contributed by atoms with Gasteiger partial charge in [-0.3, -0.25) is 0 Å². The number of imidazole rings is 1. The van der Waals surface area contributed by atoms with Crippen molar-refractivity contribution < 1.29 is 0 Å². The highest BCUT2D eigenvalue weighted by Gasteiger charge is 2.04. The summed E-state index contributed by atoms with van der Waals surface area (Å²) in [5.41, 5.74) is 2.03. The van der Waals surface area contributed by atoms with Crippen LogP contribution in [-0.4, -0.2) is 16.2 Å². The number of benzene rings is 1. The average molecular weight is 196 g/mol. The maximum absolute atomic E-state index is 4.31. The molecule has 0 fully saturated rings. The maximum atomic E-state index is 4.31. The van der Waals surface area contributed by atoms with Gasteiger partial charge in [0.2, 0.25) is 0 Å². The quantitative estimate of drug-likeness (QED) is 0.542. The van der Waals surface area contributed by atoms with Crippen LogP contribution >= 0.6 is 24.4 Å². The molecule has 0 radical (unpaired) electrons. The van der Waals surface area contributed by atoms with Crippen LogP contribution in [0.5, 0.6) is 0 Å². The molecule has 1 N–H and O–H groups in total. The Labute approximate surface area is 80.2 Å². The van der Waals surface area contributed by atoms with Crippen molar-refractivity contribution in [2.45, 2.75) is 9.79 Å². The van der Waals surface area contributed by atoms with Gasteiger partial charge >= 0.3 is 0 Å². The number of fused-ring (bicyclic) bond motifs is 1. The first-order valence-corrected chi connectivity index (χ1v) is 5.19. The van der Waals surface area contributed by atoms with Gasteiger partial charge in [0.1, 0.15) is 5.52 Å². The minimum atomic E-state index is 0.920. The van der Waals surface area contributed by atoms with E-state index in [9.17, 15) is 0 Å². The Morgan fingerprint density at radius 2 is 2.33 bits per heavy atom. The first-order chi connectivity index (χ1) is 5.83. The number of aromatic amines is 1. The summed E-state index contributed by atoms with van der Waals surface area (Å²) in [6.45, 7) is 0. The Balaban J connectivity index is 2.82. The molecule has 2 nitrogen and oxygen atoms in total. The third-order valence-electron chi connectivity index (χ3n) is 1.74. The summed E-state index contributed by atoms with van der Waals surface area (Å²) in [5, 5.41) is 0. The van der Waals surface area contributed by atoms with Gasteiger partial charge in [-0.2, -0.15) is 0 Å². The molecule has 0 saturated heterocycles. The fourth-order valence-electron chi connectivity index (χ4n) is 1.16. The minimum Gasteiger partial charge on any atom is -0.344 e. The molecular weight excluding hydrogens is 188 g/mol. The Bertz CT molecular complexity index is 408. The zero-order valence-electron chi connectivity index (χ0n) is 6.53. The largest absolute Gasteiger partial charge is 0.344 e. The lowest BCUT2D eigenvalue weighted by molar-refractivity contribution is 1.33. The molecule has 1 heterocycles. The lowest BCUT2D eigenvalue weighted by Gasteiger charge is -1.98. The number of nitrogens with zero attached hydrogens (tertiary/aromatic N) is 1. The minimum absolute atomic E-state index is 0.920. The number of rotatable bonds is 1. The molecule has 0 amide bonds. The zero-order chi connectivity index (χ0) is 8.55. The molecule has 62 valence electrons. The molecule has 12 heavy (non-hydrogen) atoms. The highest BCUT2D eigenvalue weighted by Crippen LogP contribution is 2.27. The molecule has 0 aliphatic carbocycles. The predicted octanol–water partition coefficient (Wildman–Crippen LogP) is 2.57. The van der Waals surface area contributed by atoms with Gasteiger partial charge in [0.25, 0.3) is 0 Å². The summed E-state index contributed by atoms with van der Waals surface area (Å²) >= 11 is 6.02. The molecule has 0 saturated carbocycles. The van der Waals surface area contributed by atoms with Crippen LogP contribution in [0.4, 0.5) is 0 Å². The van der Waals surface area contributed by atoms with Crippen LogP contribution in [0.1, 0.15) is 0 Å². The highest BCUT2D eigenvalue weighted by atomic mass is 32.2. The maximum Gasteiger partial charge on any atom is 0.103 e. The molecule has 0 aliphatic heterocycles. The van der Waals surface area contributed by atoms with Gasteiger partial charge in [-0.25, -0.2) is 4.98 Å². The number of thiol groups is 1. The molecule has 2 aromatic rings. The van der Waals surface area contributed by atoms with Gasteiger partial charge in [-0.05, 0) is 18.4 Å². The van der Waals surface area contributed by atoms with Gasteiger partial charge in [0, 0.05) is 9.79 Å². The van der Waals surface area contributed by atoms with Gasteiger partial charge in [-0.1, -0.05) is 0 Å². The smallest absolute Gasteiger partial charge is 0.103 e. The van der Waals surface area contributed by atoms with E-state index < -0.39 is 0 Å². The van der Waals surface area contributed by atoms with Gasteiger partial charge < -0.3 is 4.98 Å². The van der Waals surface area contributed by atoms with E-state index in [0.29, 0.717) is 0 Å². The van der Waals surface area contributed by atoms with E-state index in [1.165, 1.54) is 4.90 Å². The Morgan fingerprint density at radius 1 is 1.50 bits per heavy atom. The molecule has 0 aliphatic rings. The molecule has 0 atom stereocenters. The van der Waals surface area contributed by atoms with Crippen molar-refractivity contribution in [3.05, 3.63) is 18.5 Å². The fraction of sp³-hybridized carbons (Fsp3) is 0.125. The summed E-state index contributed by atoms with van der Waals surface area (Å²) in [4.78, 5) is 9.41. The normalized spacial score (nSPS) is 10.8. The number of aromatic nitrogens is 2. The monoisotopic (exact) mass is 196 g/mol. The van der Waals surface area contributed by atoms with Crippen LogP contribution in [0.2, 0.25) is 0 Å². The lowest BCUT2D eigenvalue weighted by Crippen LogP contribution is -1.76. The Kier molecular flexibility index (Phi) is 2.02. The Morgan fingerprint density at radius 3 is 3.08 bits per heavy atom. The van der Waals surface area contributed by atoms with Crippen molar-refractivity contribution in [2.75, 3.05) is 6.26 Å². The summed E-state index contributed by atoms with van der Waals surface area (Å²) in [6, 6.07) is 4.02. The molecular formula is C8H8N2S2. The van der Waals surface area contributed by atoms with Crippen LogP contribution < -0.4 is 0 Å². The van der Waals surface area contributed by atoms with E-state index >= 15 is 0 Å².